The Morgan fingerprint density at radius 3 is 2.93 bits per heavy atom. The van der Waals surface area contributed by atoms with Gasteiger partial charge in [0.2, 0.25) is 5.91 Å². The lowest BCUT2D eigenvalue weighted by Gasteiger charge is -2.03. The Kier molecular flexibility index (Phi) is 2.93. The second kappa shape index (κ2) is 4.21. The maximum atomic E-state index is 11.5. The Balaban J connectivity index is 1.88. The van der Waals surface area contributed by atoms with E-state index in [2.05, 4.69) is 5.32 Å². The lowest BCUT2D eigenvalue weighted by Crippen LogP contribution is -2.30. The molecule has 2 rings (SSSR count). The lowest BCUT2D eigenvalue weighted by molar-refractivity contribution is -0.120. The Bertz CT molecular complexity index is 381. The van der Waals surface area contributed by atoms with E-state index in [0.29, 0.717) is 11.4 Å². The minimum Gasteiger partial charge on any atom is -0.351 e. The molecule has 1 aliphatic carbocycles. The first-order chi connectivity index (χ1) is 7.15. The van der Waals surface area contributed by atoms with E-state index in [1.165, 1.54) is 0 Å². The maximum absolute atomic E-state index is 11.5. The van der Waals surface area contributed by atoms with Crippen LogP contribution in [0.4, 0.5) is 0 Å². The molecule has 4 heteroatoms. The molecule has 2 atom stereocenters. The Labute approximate surface area is 93.6 Å². The van der Waals surface area contributed by atoms with E-state index in [9.17, 15) is 4.79 Å². The highest BCUT2D eigenvalue weighted by Crippen LogP contribution is 2.18. The fourth-order valence-corrected chi connectivity index (χ4v) is 1.68. The van der Waals surface area contributed by atoms with Crippen LogP contribution in [-0.2, 0) is 11.2 Å². The molecule has 0 spiro atoms. The summed E-state index contributed by atoms with van der Waals surface area (Å²) < 4.78 is 0. The molecule has 0 bridgehead atoms. The monoisotopic (exact) mass is 224 g/mol. The molecule has 0 aromatic heterocycles. The number of hydrogen-bond acceptors (Lipinski definition) is 2. The Hall–Kier alpha value is -1.06. The van der Waals surface area contributed by atoms with Gasteiger partial charge in [-0.2, -0.15) is 0 Å². The zero-order valence-electron chi connectivity index (χ0n) is 8.24. The van der Waals surface area contributed by atoms with Crippen LogP contribution in [0.15, 0.2) is 24.3 Å². The van der Waals surface area contributed by atoms with Crippen molar-refractivity contribution in [3.05, 3.63) is 34.9 Å². The summed E-state index contributed by atoms with van der Waals surface area (Å²) in [5.41, 5.74) is 6.52. The van der Waals surface area contributed by atoms with E-state index in [-0.39, 0.29) is 18.0 Å². The van der Waals surface area contributed by atoms with E-state index < -0.39 is 0 Å². The highest BCUT2D eigenvalue weighted by Gasteiger charge is 2.34. The van der Waals surface area contributed by atoms with E-state index in [1.807, 2.05) is 12.1 Å². The Morgan fingerprint density at radius 2 is 2.33 bits per heavy atom. The van der Waals surface area contributed by atoms with Gasteiger partial charge in [0.15, 0.2) is 0 Å². The van der Waals surface area contributed by atoms with Crippen molar-refractivity contribution in [3.8, 4) is 0 Å². The van der Waals surface area contributed by atoms with Gasteiger partial charge in [-0.3, -0.25) is 4.79 Å². The van der Waals surface area contributed by atoms with Crippen molar-refractivity contribution in [2.75, 3.05) is 0 Å². The molecule has 0 radical (unpaired) electrons. The number of amides is 1. The van der Waals surface area contributed by atoms with E-state index in [4.69, 9.17) is 17.3 Å². The minimum absolute atomic E-state index is 0.00946. The van der Waals surface area contributed by atoms with Crippen LogP contribution in [0.3, 0.4) is 0 Å². The first-order valence-corrected chi connectivity index (χ1v) is 5.32. The van der Waals surface area contributed by atoms with Crippen molar-refractivity contribution in [1.29, 1.82) is 0 Å². The molecule has 0 heterocycles. The van der Waals surface area contributed by atoms with Gasteiger partial charge in [0.25, 0.3) is 0 Å². The van der Waals surface area contributed by atoms with Crippen molar-refractivity contribution < 1.29 is 4.79 Å². The third-order valence-corrected chi connectivity index (χ3v) is 2.67. The molecule has 3 nitrogen and oxygen atoms in total. The minimum atomic E-state index is 0.00946. The molecule has 3 N–H and O–H groups in total. The molecule has 0 aliphatic heterocycles. The molecule has 2 unspecified atom stereocenters. The first-order valence-electron chi connectivity index (χ1n) is 4.94. The van der Waals surface area contributed by atoms with Gasteiger partial charge in [-0.05, 0) is 24.1 Å². The summed E-state index contributed by atoms with van der Waals surface area (Å²) in [5.74, 6) is 0.00946. The molecular formula is C11H13ClN2O. The van der Waals surface area contributed by atoms with Gasteiger partial charge in [-0.15, -0.1) is 0 Å². The van der Waals surface area contributed by atoms with Gasteiger partial charge in [0, 0.05) is 17.1 Å². The van der Waals surface area contributed by atoms with Crippen LogP contribution in [0.1, 0.15) is 12.0 Å². The topological polar surface area (TPSA) is 55.1 Å². The summed E-state index contributed by atoms with van der Waals surface area (Å²) in [7, 11) is 0. The van der Waals surface area contributed by atoms with Gasteiger partial charge in [-0.25, -0.2) is 0 Å². The normalized spacial score (nSPS) is 23.6. The van der Waals surface area contributed by atoms with Crippen molar-refractivity contribution in [3.63, 3.8) is 0 Å². The van der Waals surface area contributed by atoms with Gasteiger partial charge in [0.1, 0.15) is 0 Å². The quantitative estimate of drug-likeness (QED) is 0.808. The third kappa shape index (κ3) is 2.94. The molecule has 15 heavy (non-hydrogen) atoms. The van der Waals surface area contributed by atoms with Gasteiger partial charge < -0.3 is 11.1 Å². The summed E-state index contributed by atoms with van der Waals surface area (Å²) in [6.07, 6.45) is 1.26. The summed E-state index contributed by atoms with van der Waals surface area (Å²) >= 11 is 5.82. The first kappa shape index (κ1) is 10.5. The highest BCUT2D eigenvalue weighted by molar-refractivity contribution is 6.30. The molecule has 1 fully saturated rings. The number of halogens is 1. The van der Waals surface area contributed by atoms with Gasteiger partial charge >= 0.3 is 0 Å². The largest absolute Gasteiger partial charge is 0.351 e. The van der Waals surface area contributed by atoms with E-state index in [1.54, 1.807) is 12.1 Å². The second-order valence-corrected chi connectivity index (χ2v) is 4.32. The van der Waals surface area contributed by atoms with Crippen molar-refractivity contribution in [2.45, 2.75) is 24.9 Å². The predicted molar refractivity (Wildman–Crippen MR) is 59.7 cm³/mol. The van der Waals surface area contributed by atoms with Gasteiger partial charge in [0.05, 0.1) is 6.42 Å². The predicted octanol–water partition coefficient (Wildman–Crippen LogP) is 1.10. The summed E-state index contributed by atoms with van der Waals surface area (Å²) in [5, 5.41) is 3.52. The standard InChI is InChI=1S/C11H13ClN2O/c12-8-3-1-2-7(4-8)5-11(15)14-10-6-9(10)13/h1-4,9-10H,5-6,13H2,(H,14,15). The molecule has 1 amide bonds. The molecular weight excluding hydrogens is 212 g/mol. The fourth-order valence-electron chi connectivity index (χ4n) is 1.47. The summed E-state index contributed by atoms with van der Waals surface area (Å²) in [4.78, 5) is 11.5. The zero-order valence-corrected chi connectivity index (χ0v) is 9.00. The average molecular weight is 225 g/mol. The number of rotatable bonds is 3. The Morgan fingerprint density at radius 1 is 1.60 bits per heavy atom. The molecule has 1 aliphatic rings. The number of benzene rings is 1. The van der Waals surface area contributed by atoms with E-state index in [0.717, 1.165) is 12.0 Å². The summed E-state index contributed by atoms with van der Waals surface area (Å²) in [6.45, 7) is 0. The SMILES string of the molecule is NC1CC1NC(=O)Cc1cccc(Cl)c1. The van der Waals surface area contributed by atoms with Crippen LogP contribution >= 0.6 is 11.6 Å². The van der Waals surface area contributed by atoms with Crippen molar-refractivity contribution in [1.82, 2.24) is 5.32 Å². The van der Waals surface area contributed by atoms with Crippen LogP contribution in [0.25, 0.3) is 0 Å². The summed E-state index contributed by atoms with van der Waals surface area (Å²) in [6, 6.07) is 7.64. The van der Waals surface area contributed by atoms with Crippen LogP contribution in [-0.4, -0.2) is 18.0 Å². The number of nitrogens with two attached hydrogens (primary N) is 1. The van der Waals surface area contributed by atoms with Crippen LogP contribution in [0.2, 0.25) is 5.02 Å². The number of carbonyl (C=O) groups is 1. The molecule has 1 aromatic carbocycles. The molecule has 80 valence electrons. The van der Waals surface area contributed by atoms with Crippen molar-refractivity contribution >= 4 is 17.5 Å². The van der Waals surface area contributed by atoms with Crippen LogP contribution in [0, 0.1) is 0 Å². The zero-order chi connectivity index (χ0) is 10.8. The van der Waals surface area contributed by atoms with Crippen LogP contribution in [0.5, 0.6) is 0 Å². The molecule has 1 saturated carbocycles. The average Bonchev–Trinajstić information content (AvgIpc) is 2.81. The lowest BCUT2D eigenvalue weighted by atomic mass is 10.1. The fraction of sp³-hybridized carbons (Fsp3) is 0.364. The highest BCUT2D eigenvalue weighted by atomic mass is 35.5. The molecule has 1 aromatic rings. The number of nitrogens with one attached hydrogen (secondary N) is 1. The number of carbonyl (C=O) groups excluding carboxylic acids is 1. The second-order valence-electron chi connectivity index (χ2n) is 3.88. The maximum Gasteiger partial charge on any atom is 0.224 e. The van der Waals surface area contributed by atoms with E-state index >= 15 is 0 Å². The third-order valence-electron chi connectivity index (χ3n) is 2.44. The van der Waals surface area contributed by atoms with Gasteiger partial charge in [-0.1, -0.05) is 23.7 Å². The smallest absolute Gasteiger partial charge is 0.224 e. The van der Waals surface area contributed by atoms with Crippen molar-refractivity contribution in [2.24, 2.45) is 5.73 Å². The number of hydrogen-bond donors (Lipinski definition) is 2. The van der Waals surface area contributed by atoms with Crippen LogP contribution < -0.4 is 11.1 Å². The molecule has 0 saturated heterocycles.